The molecule has 0 spiro atoms. The molecule has 4 aromatic rings. The molecule has 0 saturated carbocycles. The van der Waals surface area contributed by atoms with E-state index >= 15 is 0 Å². The van der Waals surface area contributed by atoms with Gasteiger partial charge in [0.15, 0.2) is 0 Å². The molecule has 1 aromatic carbocycles. The molecule has 3 heterocycles. The Morgan fingerprint density at radius 3 is 2.93 bits per heavy atom. The maximum absolute atomic E-state index is 12.3. The van der Waals surface area contributed by atoms with Gasteiger partial charge < -0.3 is 9.73 Å². The SMILES string of the molecule is Cc1ccccc1-c1nnc(SCC(=O)Nc2ccnn2Cc2cccs2)o1. The largest absolute Gasteiger partial charge is 0.411 e. The highest BCUT2D eigenvalue weighted by Gasteiger charge is 2.14. The van der Waals surface area contributed by atoms with Crippen LogP contribution >= 0.6 is 23.1 Å². The van der Waals surface area contributed by atoms with Gasteiger partial charge in [-0.15, -0.1) is 21.5 Å². The number of nitrogens with one attached hydrogen (secondary N) is 1. The molecule has 0 bridgehead atoms. The van der Waals surface area contributed by atoms with E-state index in [9.17, 15) is 4.79 Å². The summed E-state index contributed by atoms with van der Waals surface area (Å²) in [6.45, 7) is 2.61. The summed E-state index contributed by atoms with van der Waals surface area (Å²) in [5.41, 5.74) is 1.95. The fourth-order valence-electron chi connectivity index (χ4n) is 2.61. The lowest BCUT2D eigenvalue weighted by Crippen LogP contribution is -2.17. The number of rotatable bonds is 7. The zero-order valence-corrected chi connectivity index (χ0v) is 16.7. The lowest BCUT2D eigenvalue weighted by Gasteiger charge is -2.07. The number of amides is 1. The number of anilines is 1. The van der Waals surface area contributed by atoms with Gasteiger partial charge in [-0.1, -0.05) is 36.0 Å². The number of hydrogen-bond donors (Lipinski definition) is 1. The van der Waals surface area contributed by atoms with Gasteiger partial charge in [-0.2, -0.15) is 5.10 Å². The van der Waals surface area contributed by atoms with Crippen LogP contribution in [0.5, 0.6) is 0 Å². The Morgan fingerprint density at radius 1 is 1.21 bits per heavy atom. The van der Waals surface area contributed by atoms with E-state index in [2.05, 4.69) is 20.6 Å². The Bertz CT molecular complexity index is 1070. The summed E-state index contributed by atoms with van der Waals surface area (Å²) < 4.78 is 7.44. The van der Waals surface area contributed by atoms with Crippen LogP contribution in [0.2, 0.25) is 0 Å². The molecule has 0 aliphatic rings. The molecule has 0 aliphatic carbocycles. The van der Waals surface area contributed by atoms with E-state index in [0.717, 1.165) is 11.1 Å². The number of aryl methyl sites for hydroxylation is 1. The third kappa shape index (κ3) is 4.32. The van der Waals surface area contributed by atoms with Crippen molar-refractivity contribution in [3.8, 4) is 11.5 Å². The number of carbonyl (C=O) groups is 1. The Balaban J connectivity index is 1.35. The molecular weight excluding hydrogens is 394 g/mol. The number of hydrogen-bond acceptors (Lipinski definition) is 7. The fraction of sp³-hybridized carbons (Fsp3) is 0.158. The van der Waals surface area contributed by atoms with Crippen molar-refractivity contribution in [2.24, 2.45) is 0 Å². The minimum absolute atomic E-state index is 0.159. The lowest BCUT2D eigenvalue weighted by molar-refractivity contribution is -0.113. The van der Waals surface area contributed by atoms with Gasteiger partial charge in [0.25, 0.3) is 5.22 Å². The highest BCUT2D eigenvalue weighted by Crippen LogP contribution is 2.25. The van der Waals surface area contributed by atoms with Crippen molar-refractivity contribution < 1.29 is 9.21 Å². The number of carbonyl (C=O) groups excluding carboxylic acids is 1. The molecule has 28 heavy (non-hydrogen) atoms. The van der Waals surface area contributed by atoms with Gasteiger partial charge in [-0.05, 0) is 30.0 Å². The summed E-state index contributed by atoms with van der Waals surface area (Å²) in [5.74, 6) is 1.12. The van der Waals surface area contributed by atoms with Crippen LogP contribution in [0.3, 0.4) is 0 Å². The van der Waals surface area contributed by atoms with Crippen molar-refractivity contribution in [1.29, 1.82) is 0 Å². The Labute approximate surface area is 169 Å². The number of nitrogens with zero attached hydrogens (tertiary/aromatic N) is 4. The van der Waals surface area contributed by atoms with Gasteiger partial charge in [-0.25, -0.2) is 4.68 Å². The first-order chi connectivity index (χ1) is 13.7. The lowest BCUT2D eigenvalue weighted by atomic mass is 10.1. The molecule has 4 rings (SSSR count). The first-order valence-corrected chi connectivity index (χ1v) is 10.4. The van der Waals surface area contributed by atoms with Crippen molar-refractivity contribution in [2.45, 2.75) is 18.7 Å². The van der Waals surface area contributed by atoms with E-state index in [0.29, 0.717) is 23.5 Å². The normalized spacial score (nSPS) is 10.9. The molecule has 9 heteroatoms. The van der Waals surface area contributed by atoms with Gasteiger partial charge in [0, 0.05) is 16.5 Å². The zero-order valence-electron chi connectivity index (χ0n) is 15.0. The van der Waals surface area contributed by atoms with Crippen LogP contribution in [0.25, 0.3) is 11.5 Å². The van der Waals surface area contributed by atoms with Gasteiger partial charge in [0.2, 0.25) is 11.8 Å². The van der Waals surface area contributed by atoms with Crippen molar-refractivity contribution in [2.75, 3.05) is 11.1 Å². The van der Waals surface area contributed by atoms with E-state index < -0.39 is 0 Å². The fourth-order valence-corrected chi connectivity index (χ4v) is 3.86. The Hall–Kier alpha value is -2.91. The van der Waals surface area contributed by atoms with E-state index in [4.69, 9.17) is 4.42 Å². The van der Waals surface area contributed by atoms with E-state index in [1.54, 1.807) is 28.3 Å². The van der Waals surface area contributed by atoms with Crippen LogP contribution in [0.15, 0.2) is 63.7 Å². The number of thiophene rings is 1. The average molecular weight is 412 g/mol. The quantitative estimate of drug-likeness (QED) is 0.461. The summed E-state index contributed by atoms with van der Waals surface area (Å²) in [6, 6.07) is 13.6. The predicted molar refractivity (Wildman–Crippen MR) is 109 cm³/mol. The highest BCUT2D eigenvalue weighted by atomic mass is 32.2. The van der Waals surface area contributed by atoms with Crippen LogP contribution in [-0.2, 0) is 11.3 Å². The Morgan fingerprint density at radius 2 is 2.11 bits per heavy atom. The summed E-state index contributed by atoms with van der Waals surface area (Å²) in [6.07, 6.45) is 1.67. The third-order valence-electron chi connectivity index (χ3n) is 3.98. The topological polar surface area (TPSA) is 85.8 Å². The standard InChI is InChI=1S/C19H17N5O2S2/c1-13-5-2-3-7-15(13)18-22-23-19(26-18)28-12-17(25)21-16-8-9-20-24(16)11-14-6-4-10-27-14/h2-10H,11-12H2,1H3,(H,21,25). The number of aromatic nitrogens is 4. The smallest absolute Gasteiger partial charge is 0.277 e. The third-order valence-corrected chi connectivity index (χ3v) is 5.66. The minimum Gasteiger partial charge on any atom is -0.411 e. The van der Waals surface area contributed by atoms with Gasteiger partial charge in [0.05, 0.1) is 18.5 Å². The number of benzene rings is 1. The highest BCUT2D eigenvalue weighted by molar-refractivity contribution is 7.99. The summed E-state index contributed by atoms with van der Waals surface area (Å²) in [5, 5.41) is 17.6. The van der Waals surface area contributed by atoms with Crippen molar-refractivity contribution in [3.05, 3.63) is 64.5 Å². The summed E-state index contributed by atoms with van der Waals surface area (Å²) >= 11 is 2.86. The second-order valence-corrected chi connectivity index (χ2v) is 7.94. The molecule has 1 amide bonds. The molecule has 0 saturated heterocycles. The van der Waals surface area contributed by atoms with Crippen LogP contribution in [-0.4, -0.2) is 31.6 Å². The van der Waals surface area contributed by atoms with E-state index in [1.165, 1.54) is 16.6 Å². The van der Waals surface area contributed by atoms with Gasteiger partial charge in [0.1, 0.15) is 5.82 Å². The van der Waals surface area contributed by atoms with Crippen LogP contribution in [0, 0.1) is 6.92 Å². The van der Waals surface area contributed by atoms with Crippen LogP contribution in [0.4, 0.5) is 5.82 Å². The molecule has 142 valence electrons. The first-order valence-electron chi connectivity index (χ1n) is 8.55. The molecule has 1 N–H and O–H groups in total. The first kappa shape index (κ1) is 18.5. The van der Waals surface area contributed by atoms with E-state index in [-0.39, 0.29) is 11.7 Å². The molecule has 3 aromatic heterocycles. The van der Waals surface area contributed by atoms with Crippen LogP contribution < -0.4 is 5.32 Å². The molecule has 0 radical (unpaired) electrons. The molecule has 0 unspecified atom stereocenters. The molecule has 7 nitrogen and oxygen atoms in total. The monoisotopic (exact) mass is 411 g/mol. The average Bonchev–Trinajstić information content (AvgIpc) is 3.44. The van der Waals surface area contributed by atoms with Gasteiger partial charge >= 0.3 is 0 Å². The molecule has 0 atom stereocenters. The van der Waals surface area contributed by atoms with E-state index in [1.807, 2.05) is 48.7 Å². The summed E-state index contributed by atoms with van der Waals surface area (Å²) in [7, 11) is 0. The molecule has 0 fully saturated rings. The molecular formula is C19H17N5O2S2. The van der Waals surface area contributed by atoms with Crippen molar-refractivity contribution in [3.63, 3.8) is 0 Å². The maximum atomic E-state index is 12.3. The zero-order chi connectivity index (χ0) is 19.3. The minimum atomic E-state index is -0.159. The van der Waals surface area contributed by atoms with Gasteiger partial charge in [-0.3, -0.25) is 4.79 Å². The second-order valence-electron chi connectivity index (χ2n) is 5.98. The van der Waals surface area contributed by atoms with Crippen molar-refractivity contribution in [1.82, 2.24) is 20.0 Å². The van der Waals surface area contributed by atoms with Crippen molar-refractivity contribution >= 4 is 34.8 Å². The maximum Gasteiger partial charge on any atom is 0.277 e. The molecule has 0 aliphatic heterocycles. The predicted octanol–water partition coefficient (Wildman–Crippen LogP) is 4.08. The second kappa shape index (κ2) is 8.41. The number of thioether (sulfide) groups is 1. The van der Waals surface area contributed by atoms with Crippen LogP contribution in [0.1, 0.15) is 10.4 Å². The summed E-state index contributed by atoms with van der Waals surface area (Å²) in [4.78, 5) is 13.5. The Kier molecular flexibility index (Phi) is 5.54.